The molecule has 3 unspecified atom stereocenters. The first-order valence-electron chi connectivity index (χ1n) is 6.21. The summed E-state index contributed by atoms with van der Waals surface area (Å²) in [5, 5.41) is 9.55. The van der Waals surface area contributed by atoms with Crippen LogP contribution in [0.4, 0.5) is 0 Å². The number of aliphatic hydroxyl groups is 1. The van der Waals surface area contributed by atoms with Crippen molar-refractivity contribution in [3.8, 4) is 0 Å². The van der Waals surface area contributed by atoms with E-state index in [4.69, 9.17) is 14.2 Å². The zero-order valence-electron chi connectivity index (χ0n) is 9.93. The smallest absolute Gasteiger partial charge is 0.110 e. The lowest BCUT2D eigenvalue weighted by Gasteiger charge is -2.40. The van der Waals surface area contributed by atoms with Gasteiger partial charge in [-0.2, -0.15) is 0 Å². The maximum atomic E-state index is 9.55. The van der Waals surface area contributed by atoms with Crippen LogP contribution in [-0.2, 0) is 14.2 Å². The molecule has 2 aliphatic rings. The van der Waals surface area contributed by atoms with E-state index in [1.165, 1.54) is 12.8 Å². The Balaban J connectivity index is 1.56. The Labute approximate surface area is 96.9 Å². The van der Waals surface area contributed by atoms with Crippen LogP contribution >= 0.6 is 0 Å². The third kappa shape index (κ3) is 3.42. The Morgan fingerprint density at radius 3 is 2.56 bits per heavy atom. The molecule has 4 nitrogen and oxygen atoms in total. The summed E-state index contributed by atoms with van der Waals surface area (Å²) in [6.07, 6.45) is 4.19. The van der Waals surface area contributed by atoms with Crippen molar-refractivity contribution >= 4 is 0 Å². The predicted octanol–water partition coefficient (Wildman–Crippen LogP) is 0.968. The largest absolute Gasteiger partial charge is 0.390 e. The summed E-state index contributed by atoms with van der Waals surface area (Å²) in [6, 6.07) is 0. The normalized spacial score (nSPS) is 33.8. The van der Waals surface area contributed by atoms with E-state index in [-0.39, 0.29) is 18.3 Å². The van der Waals surface area contributed by atoms with Crippen molar-refractivity contribution in [3.05, 3.63) is 0 Å². The first kappa shape index (κ1) is 12.3. The van der Waals surface area contributed by atoms with E-state index in [2.05, 4.69) is 0 Å². The van der Waals surface area contributed by atoms with Gasteiger partial charge in [0, 0.05) is 20.1 Å². The molecular formula is C12H22O4. The number of hydrogen-bond donors (Lipinski definition) is 1. The summed E-state index contributed by atoms with van der Waals surface area (Å²) in [5.41, 5.74) is 0. The van der Waals surface area contributed by atoms with Crippen LogP contribution in [-0.4, -0.2) is 50.3 Å². The van der Waals surface area contributed by atoms with Crippen molar-refractivity contribution in [3.63, 3.8) is 0 Å². The minimum absolute atomic E-state index is 0.0885. The fourth-order valence-electron chi connectivity index (χ4n) is 2.00. The van der Waals surface area contributed by atoms with Crippen molar-refractivity contribution in [1.29, 1.82) is 0 Å². The van der Waals surface area contributed by atoms with Crippen molar-refractivity contribution in [2.45, 2.75) is 44.0 Å². The van der Waals surface area contributed by atoms with Crippen molar-refractivity contribution in [1.82, 2.24) is 0 Å². The molecule has 4 heteroatoms. The van der Waals surface area contributed by atoms with Gasteiger partial charge in [0.05, 0.1) is 25.4 Å². The second-order valence-electron chi connectivity index (χ2n) is 4.77. The quantitative estimate of drug-likeness (QED) is 0.631. The fraction of sp³-hybridized carbons (Fsp3) is 1.00. The molecule has 0 heterocycles. The highest BCUT2D eigenvalue weighted by Crippen LogP contribution is 2.33. The predicted molar refractivity (Wildman–Crippen MR) is 59.3 cm³/mol. The summed E-state index contributed by atoms with van der Waals surface area (Å²) in [7, 11) is 1.64. The lowest BCUT2D eigenvalue weighted by atomic mass is 9.88. The summed E-state index contributed by atoms with van der Waals surface area (Å²) < 4.78 is 16.1. The molecule has 0 aromatic rings. The summed E-state index contributed by atoms with van der Waals surface area (Å²) in [6.45, 7) is 1.91. The van der Waals surface area contributed by atoms with Crippen LogP contribution < -0.4 is 0 Å². The van der Waals surface area contributed by atoms with Gasteiger partial charge in [0.25, 0.3) is 0 Å². The molecule has 0 aromatic carbocycles. The average Bonchev–Trinajstić information content (AvgIpc) is 3.07. The molecule has 94 valence electrons. The molecule has 0 bridgehead atoms. The Kier molecular flexibility index (Phi) is 4.58. The van der Waals surface area contributed by atoms with E-state index in [9.17, 15) is 5.11 Å². The minimum Gasteiger partial charge on any atom is -0.390 e. The van der Waals surface area contributed by atoms with Gasteiger partial charge in [-0.15, -0.1) is 0 Å². The Hall–Kier alpha value is -0.160. The van der Waals surface area contributed by atoms with Gasteiger partial charge >= 0.3 is 0 Å². The molecule has 0 saturated heterocycles. The summed E-state index contributed by atoms with van der Waals surface area (Å²) in [5.74, 6) is 0.901. The highest BCUT2D eigenvalue weighted by atomic mass is 16.6. The summed E-state index contributed by atoms with van der Waals surface area (Å²) in [4.78, 5) is 0. The molecule has 1 N–H and O–H groups in total. The third-order valence-electron chi connectivity index (χ3n) is 3.37. The monoisotopic (exact) mass is 230 g/mol. The third-order valence-corrected chi connectivity index (χ3v) is 3.37. The van der Waals surface area contributed by atoms with Gasteiger partial charge in [0.1, 0.15) is 6.10 Å². The number of aliphatic hydroxyl groups excluding tert-OH is 1. The van der Waals surface area contributed by atoms with Crippen molar-refractivity contribution in [2.75, 3.05) is 26.9 Å². The molecule has 0 radical (unpaired) electrons. The molecule has 16 heavy (non-hydrogen) atoms. The lowest BCUT2D eigenvalue weighted by Crippen LogP contribution is -2.54. The first-order valence-corrected chi connectivity index (χ1v) is 6.21. The van der Waals surface area contributed by atoms with Gasteiger partial charge < -0.3 is 19.3 Å². The highest BCUT2D eigenvalue weighted by Gasteiger charge is 2.41. The van der Waals surface area contributed by atoms with Crippen molar-refractivity contribution in [2.24, 2.45) is 5.92 Å². The molecule has 0 aliphatic heterocycles. The maximum Gasteiger partial charge on any atom is 0.110 e. The highest BCUT2D eigenvalue weighted by molar-refractivity contribution is 4.92. The van der Waals surface area contributed by atoms with Crippen LogP contribution in [0.3, 0.4) is 0 Å². The molecule has 2 aliphatic carbocycles. The van der Waals surface area contributed by atoms with Crippen LogP contribution in [0, 0.1) is 5.92 Å². The van der Waals surface area contributed by atoms with E-state index < -0.39 is 0 Å². The van der Waals surface area contributed by atoms with Gasteiger partial charge in [0.2, 0.25) is 0 Å². The average molecular weight is 230 g/mol. The lowest BCUT2D eigenvalue weighted by molar-refractivity contribution is -0.195. The number of hydrogen-bond acceptors (Lipinski definition) is 4. The van der Waals surface area contributed by atoms with Gasteiger partial charge in [-0.05, 0) is 12.3 Å². The Bertz CT molecular complexity index is 205. The maximum absolute atomic E-state index is 9.55. The fourth-order valence-corrected chi connectivity index (χ4v) is 2.00. The molecule has 2 fully saturated rings. The van der Waals surface area contributed by atoms with Gasteiger partial charge in [-0.25, -0.2) is 0 Å². The molecule has 2 saturated carbocycles. The van der Waals surface area contributed by atoms with E-state index in [0.717, 1.165) is 18.9 Å². The minimum atomic E-state index is -0.359. The van der Waals surface area contributed by atoms with Gasteiger partial charge in [-0.1, -0.05) is 12.8 Å². The molecule has 2 rings (SSSR count). The zero-order valence-corrected chi connectivity index (χ0v) is 9.93. The topological polar surface area (TPSA) is 47.9 Å². The van der Waals surface area contributed by atoms with Gasteiger partial charge in [0.15, 0.2) is 0 Å². The SMILES string of the molecule is COCCOC1C(O)CC1OCCC1CC1. The molecular weight excluding hydrogens is 208 g/mol. The first-order chi connectivity index (χ1) is 7.81. The van der Waals surface area contributed by atoms with Crippen molar-refractivity contribution < 1.29 is 19.3 Å². The standard InChI is InChI=1S/C12H22O4/c1-14-6-7-16-12-10(13)8-11(12)15-5-4-9-2-3-9/h9-13H,2-8H2,1H3. The molecule has 3 atom stereocenters. The number of rotatable bonds is 8. The molecule has 0 amide bonds. The number of ether oxygens (including phenoxy) is 3. The van der Waals surface area contributed by atoms with E-state index in [0.29, 0.717) is 19.6 Å². The Morgan fingerprint density at radius 2 is 1.94 bits per heavy atom. The molecule has 0 aromatic heterocycles. The van der Waals surface area contributed by atoms with Crippen LogP contribution in [0.2, 0.25) is 0 Å². The van der Waals surface area contributed by atoms with E-state index >= 15 is 0 Å². The van der Waals surface area contributed by atoms with Crippen LogP contribution in [0.5, 0.6) is 0 Å². The van der Waals surface area contributed by atoms with Gasteiger partial charge in [-0.3, -0.25) is 0 Å². The summed E-state index contributed by atoms with van der Waals surface area (Å²) >= 11 is 0. The Morgan fingerprint density at radius 1 is 1.12 bits per heavy atom. The second kappa shape index (κ2) is 5.96. The van der Waals surface area contributed by atoms with Crippen LogP contribution in [0.15, 0.2) is 0 Å². The van der Waals surface area contributed by atoms with E-state index in [1.54, 1.807) is 7.11 Å². The zero-order chi connectivity index (χ0) is 11.4. The van der Waals surface area contributed by atoms with E-state index in [1.807, 2.05) is 0 Å². The van der Waals surface area contributed by atoms with Crippen LogP contribution in [0.1, 0.15) is 25.7 Å². The number of methoxy groups -OCH3 is 1. The van der Waals surface area contributed by atoms with Crippen LogP contribution in [0.25, 0.3) is 0 Å². The molecule has 0 spiro atoms. The second-order valence-corrected chi connectivity index (χ2v) is 4.77.